The topological polar surface area (TPSA) is 87.8 Å². The first-order valence-corrected chi connectivity index (χ1v) is 8.87. The van der Waals surface area contributed by atoms with Gasteiger partial charge in [-0.25, -0.2) is 0 Å². The molecule has 0 aliphatic carbocycles. The number of carbonyl (C=O) groups excluding carboxylic acids is 2. The lowest BCUT2D eigenvalue weighted by atomic mass is 10.2. The highest BCUT2D eigenvalue weighted by molar-refractivity contribution is 8.18. The van der Waals surface area contributed by atoms with E-state index in [1.54, 1.807) is 12.1 Å². The number of aliphatic carboxylic acids is 1. The average Bonchev–Trinajstić information content (AvgIpc) is 3.09. The van der Waals surface area contributed by atoms with Crippen molar-refractivity contribution >= 4 is 46.7 Å². The molecule has 2 amide bonds. The van der Waals surface area contributed by atoms with Crippen molar-refractivity contribution in [2.45, 2.75) is 16.9 Å². The molecule has 0 radical (unpaired) electrons. The van der Waals surface area contributed by atoms with Crippen molar-refractivity contribution < 1.29 is 23.9 Å². The molecule has 3 rings (SSSR count). The van der Waals surface area contributed by atoms with Gasteiger partial charge >= 0.3 is 5.97 Å². The number of hydrogen-bond acceptors (Lipinski definition) is 6. The van der Waals surface area contributed by atoms with E-state index < -0.39 is 23.7 Å². The summed E-state index contributed by atoms with van der Waals surface area (Å²) < 4.78 is 5.65. The predicted octanol–water partition coefficient (Wildman–Crippen LogP) is 3.86. The minimum Gasteiger partial charge on any atom is -0.480 e. The fourth-order valence-electron chi connectivity index (χ4n) is 2.09. The van der Waals surface area contributed by atoms with Gasteiger partial charge in [0, 0.05) is 11.0 Å². The molecule has 128 valence electrons. The molecule has 1 aliphatic rings. The minimum absolute atomic E-state index is 0.146. The summed E-state index contributed by atoms with van der Waals surface area (Å²) in [6, 6.07) is 11.5. The van der Waals surface area contributed by atoms with E-state index in [9.17, 15) is 14.4 Å². The van der Waals surface area contributed by atoms with Crippen LogP contribution in [0.15, 0.2) is 55.7 Å². The lowest BCUT2D eigenvalue weighted by Crippen LogP contribution is -2.33. The van der Waals surface area contributed by atoms with Crippen molar-refractivity contribution in [3.63, 3.8) is 0 Å². The quantitative estimate of drug-likeness (QED) is 0.794. The standard InChI is InChI=1S/C17H13NO5S2/c1-10-2-5-12(6-3-10)24-15-7-4-11(23-15)8-13-16(21)18(9-14(19)20)17(22)25-13/h2-8H,9H2,1H3,(H,19,20)/b13-8+. The monoisotopic (exact) mass is 375 g/mol. The van der Waals surface area contributed by atoms with E-state index in [2.05, 4.69) is 0 Å². The highest BCUT2D eigenvalue weighted by Gasteiger charge is 2.36. The number of amides is 2. The number of carbonyl (C=O) groups is 3. The van der Waals surface area contributed by atoms with Gasteiger partial charge in [0.15, 0.2) is 5.09 Å². The zero-order valence-corrected chi connectivity index (χ0v) is 14.7. The number of imide groups is 1. The van der Waals surface area contributed by atoms with E-state index in [4.69, 9.17) is 9.52 Å². The summed E-state index contributed by atoms with van der Waals surface area (Å²) in [4.78, 5) is 36.4. The normalized spacial score (nSPS) is 16.0. The van der Waals surface area contributed by atoms with Crippen LogP contribution < -0.4 is 0 Å². The van der Waals surface area contributed by atoms with Gasteiger partial charge in [0.25, 0.3) is 11.1 Å². The number of thioether (sulfide) groups is 1. The molecule has 25 heavy (non-hydrogen) atoms. The Kier molecular flexibility index (Phi) is 5.00. The summed E-state index contributed by atoms with van der Waals surface area (Å²) in [5, 5.41) is 8.80. The molecule has 0 saturated carbocycles. The van der Waals surface area contributed by atoms with Gasteiger partial charge in [-0.05, 0) is 43.0 Å². The smallest absolute Gasteiger partial charge is 0.323 e. The van der Waals surface area contributed by atoms with Gasteiger partial charge < -0.3 is 9.52 Å². The molecule has 2 aromatic rings. The molecule has 0 bridgehead atoms. The maximum absolute atomic E-state index is 12.1. The Bertz CT molecular complexity index is 869. The summed E-state index contributed by atoms with van der Waals surface area (Å²) in [7, 11) is 0. The van der Waals surface area contributed by atoms with Gasteiger partial charge in [0.05, 0.1) is 4.91 Å². The SMILES string of the molecule is Cc1ccc(Sc2ccc(/C=C3/SC(=O)N(CC(=O)O)C3=O)o2)cc1. The van der Waals surface area contributed by atoms with E-state index >= 15 is 0 Å². The highest BCUT2D eigenvalue weighted by Crippen LogP contribution is 2.34. The molecule has 8 heteroatoms. The highest BCUT2D eigenvalue weighted by atomic mass is 32.2. The Morgan fingerprint density at radius 3 is 2.64 bits per heavy atom. The van der Waals surface area contributed by atoms with Gasteiger partial charge in [-0.1, -0.05) is 29.5 Å². The molecule has 1 N–H and O–H groups in total. The molecule has 1 aliphatic heterocycles. The molecule has 1 aromatic heterocycles. The zero-order chi connectivity index (χ0) is 18.0. The van der Waals surface area contributed by atoms with E-state index in [-0.39, 0.29) is 4.91 Å². The van der Waals surface area contributed by atoms with Crippen LogP contribution in [0.2, 0.25) is 0 Å². The maximum atomic E-state index is 12.1. The van der Waals surface area contributed by atoms with Gasteiger partial charge in [-0.3, -0.25) is 19.3 Å². The first kappa shape index (κ1) is 17.4. The number of aryl methyl sites for hydroxylation is 1. The fourth-order valence-corrected chi connectivity index (χ4v) is 3.69. The maximum Gasteiger partial charge on any atom is 0.323 e. The third-order valence-corrected chi connectivity index (χ3v) is 5.12. The molecule has 0 atom stereocenters. The van der Waals surface area contributed by atoms with E-state index in [1.165, 1.54) is 23.4 Å². The van der Waals surface area contributed by atoms with E-state index in [0.717, 1.165) is 4.90 Å². The van der Waals surface area contributed by atoms with Crippen molar-refractivity contribution in [1.29, 1.82) is 0 Å². The third-order valence-electron chi connectivity index (χ3n) is 3.28. The lowest BCUT2D eigenvalue weighted by molar-refractivity contribution is -0.140. The van der Waals surface area contributed by atoms with Crippen molar-refractivity contribution in [2.24, 2.45) is 0 Å². The molecule has 0 spiro atoms. The van der Waals surface area contributed by atoms with Gasteiger partial charge in [0.1, 0.15) is 12.3 Å². The van der Waals surface area contributed by atoms with Crippen LogP contribution in [0.5, 0.6) is 0 Å². The second-order valence-corrected chi connectivity index (χ2v) is 7.30. The van der Waals surface area contributed by atoms with Crippen LogP contribution in [0.3, 0.4) is 0 Å². The molecule has 1 aromatic carbocycles. The Morgan fingerprint density at radius 1 is 1.24 bits per heavy atom. The number of rotatable bonds is 5. The molecular weight excluding hydrogens is 362 g/mol. The van der Waals surface area contributed by atoms with Crippen molar-refractivity contribution in [3.05, 3.63) is 52.6 Å². The number of nitrogens with zero attached hydrogens (tertiary/aromatic N) is 1. The summed E-state index contributed by atoms with van der Waals surface area (Å²) in [5.41, 5.74) is 1.17. The summed E-state index contributed by atoms with van der Waals surface area (Å²) in [5.74, 6) is -1.43. The van der Waals surface area contributed by atoms with Gasteiger partial charge in [-0.15, -0.1) is 0 Å². The number of carboxylic acid groups (broad SMARTS) is 1. The molecule has 0 unspecified atom stereocenters. The second-order valence-electron chi connectivity index (χ2n) is 5.23. The Labute approximate surface area is 151 Å². The Hall–Kier alpha value is -2.45. The predicted molar refractivity (Wildman–Crippen MR) is 94.3 cm³/mol. The third kappa shape index (κ3) is 4.15. The van der Waals surface area contributed by atoms with Gasteiger partial charge in [-0.2, -0.15) is 0 Å². The van der Waals surface area contributed by atoms with E-state index in [0.29, 0.717) is 27.5 Å². The lowest BCUT2D eigenvalue weighted by Gasteiger charge is -2.07. The van der Waals surface area contributed by atoms with Crippen LogP contribution in [0.4, 0.5) is 4.79 Å². The number of furan rings is 1. The van der Waals surface area contributed by atoms with Crippen LogP contribution in [-0.4, -0.2) is 33.7 Å². The zero-order valence-electron chi connectivity index (χ0n) is 13.1. The Balaban J connectivity index is 1.73. The second kappa shape index (κ2) is 7.20. The largest absolute Gasteiger partial charge is 0.480 e. The molecular formula is C17H13NO5S2. The minimum atomic E-state index is -1.24. The number of benzene rings is 1. The molecule has 1 saturated heterocycles. The van der Waals surface area contributed by atoms with Crippen LogP contribution in [0, 0.1) is 6.92 Å². The van der Waals surface area contributed by atoms with Crippen LogP contribution in [0.1, 0.15) is 11.3 Å². The average molecular weight is 375 g/mol. The van der Waals surface area contributed by atoms with Crippen LogP contribution in [0.25, 0.3) is 6.08 Å². The number of hydrogen-bond donors (Lipinski definition) is 1. The first-order chi connectivity index (χ1) is 11.9. The molecule has 2 heterocycles. The summed E-state index contributed by atoms with van der Waals surface area (Å²) >= 11 is 2.14. The fraction of sp³-hybridized carbons (Fsp3) is 0.118. The summed E-state index contributed by atoms with van der Waals surface area (Å²) in [6.07, 6.45) is 1.45. The first-order valence-electron chi connectivity index (χ1n) is 7.24. The van der Waals surface area contributed by atoms with Gasteiger partial charge in [0.2, 0.25) is 0 Å². The summed E-state index contributed by atoms with van der Waals surface area (Å²) in [6.45, 7) is 1.37. The van der Waals surface area contributed by atoms with Crippen molar-refractivity contribution in [3.8, 4) is 0 Å². The van der Waals surface area contributed by atoms with Crippen LogP contribution >= 0.6 is 23.5 Å². The van der Waals surface area contributed by atoms with Crippen LogP contribution in [-0.2, 0) is 9.59 Å². The Morgan fingerprint density at radius 2 is 1.96 bits per heavy atom. The van der Waals surface area contributed by atoms with E-state index in [1.807, 2.05) is 31.2 Å². The number of carboxylic acids is 1. The molecule has 6 nitrogen and oxygen atoms in total. The molecule has 1 fully saturated rings. The van der Waals surface area contributed by atoms with Crippen molar-refractivity contribution in [2.75, 3.05) is 6.54 Å². The van der Waals surface area contributed by atoms with Crippen molar-refractivity contribution in [1.82, 2.24) is 4.90 Å².